The molecule has 4 heterocycles. The van der Waals surface area contributed by atoms with Crippen LogP contribution in [0.25, 0.3) is 27.8 Å². The summed E-state index contributed by atoms with van der Waals surface area (Å²) >= 11 is 0. The first-order chi connectivity index (χ1) is 13.6. The number of hydrogen-bond acceptors (Lipinski definition) is 6. The molecule has 0 saturated heterocycles. The van der Waals surface area contributed by atoms with Gasteiger partial charge >= 0.3 is 0 Å². The number of carbonyl (C=O) groups is 1. The van der Waals surface area contributed by atoms with Gasteiger partial charge in [0.2, 0.25) is 5.91 Å². The van der Waals surface area contributed by atoms with E-state index in [0.717, 1.165) is 23.6 Å². The summed E-state index contributed by atoms with van der Waals surface area (Å²) in [6.45, 7) is 0. The van der Waals surface area contributed by atoms with E-state index in [4.69, 9.17) is 0 Å². The normalized spacial score (nSPS) is 13.8. The van der Waals surface area contributed by atoms with E-state index in [1.54, 1.807) is 25.5 Å². The Hall–Kier alpha value is -3.62. The fourth-order valence-electron chi connectivity index (χ4n) is 3.13. The molecule has 0 bridgehead atoms. The highest BCUT2D eigenvalue weighted by Gasteiger charge is 2.30. The van der Waals surface area contributed by atoms with Gasteiger partial charge in [-0.1, -0.05) is 0 Å². The van der Waals surface area contributed by atoms with Crippen molar-refractivity contribution >= 4 is 34.0 Å². The molecule has 8 nitrogen and oxygen atoms in total. The molecule has 140 valence electrons. The molecule has 1 fully saturated rings. The van der Waals surface area contributed by atoms with E-state index in [2.05, 4.69) is 30.7 Å². The number of hydrogen-bond donors (Lipinski definition) is 2. The van der Waals surface area contributed by atoms with Crippen LogP contribution in [0.5, 0.6) is 0 Å². The molecular weight excluding hydrogens is 361 g/mol. The van der Waals surface area contributed by atoms with Crippen LogP contribution in [-0.4, -0.2) is 37.5 Å². The molecule has 0 aromatic carbocycles. The summed E-state index contributed by atoms with van der Waals surface area (Å²) in [5.41, 5.74) is 1.07. The predicted octanol–water partition coefficient (Wildman–Crippen LogP) is 2.87. The summed E-state index contributed by atoms with van der Waals surface area (Å²) in [5.74, 6) is 1.22. The van der Waals surface area contributed by atoms with E-state index in [-0.39, 0.29) is 17.6 Å². The minimum Gasteiger partial charge on any atom is -0.373 e. The zero-order chi connectivity index (χ0) is 19.3. The Morgan fingerprint density at radius 2 is 2.07 bits per heavy atom. The lowest BCUT2D eigenvalue weighted by molar-refractivity contribution is -0.117. The lowest BCUT2D eigenvalue weighted by Crippen LogP contribution is -2.14. The lowest BCUT2D eigenvalue weighted by atomic mass is 10.1. The summed E-state index contributed by atoms with van der Waals surface area (Å²) in [7, 11) is 1.77. The van der Waals surface area contributed by atoms with Crippen molar-refractivity contribution in [3.05, 3.63) is 42.6 Å². The van der Waals surface area contributed by atoms with Gasteiger partial charge in [0.05, 0.1) is 0 Å². The molecule has 0 radical (unpaired) electrons. The number of aromatic nitrogens is 5. The van der Waals surface area contributed by atoms with Crippen LogP contribution in [0.4, 0.5) is 16.0 Å². The Bertz CT molecular complexity index is 1230. The van der Waals surface area contributed by atoms with Gasteiger partial charge in [0.15, 0.2) is 11.5 Å². The first kappa shape index (κ1) is 16.5. The number of nitrogens with one attached hydrogen (secondary N) is 2. The minimum atomic E-state index is -0.380. The molecule has 5 rings (SSSR count). The van der Waals surface area contributed by atoms with Crippen LogP contribution in [0.2, 0.25) is 0 Å². The molecule has 0 unspecified atom stereocenters. The molecule has 1 aliphatic carbocycles. The zero-order valence-electron chi connectivity index (χ0n) is 15.0. The molecule has 1 amide bonds. The Morgan fingerprint density at radius 1 is 1.21 bits per heavy atom. The van der Waals surface area contributed by atoms with Crippen LogP contribution in [0.15, 0.2) is 36.8 Å². The van der Waals surface area contributed by atoms with Gasteiger partial charge in [-0.05, 0) is 25.0 Å². The van der Waals surface area contributed by atoms with Gasteiger partial charge in [-0.25, -0.2) is 23.9 Å². The molecule has 28 heavy (non-hydrogen) atoms. The lowest BCUT2D eigenvalue weighted by Gasteiger charge is -2.10. The van der Waals surface area contributed by atoms with Gasteiger partial charge in [-0.3, -0.25) is 4.79 Å². The first-order valence-electron chi connectivity index (χ1n) is 8.92. The van der Waals surface area contributed by atoms with Gasteiger partial charge in [-0.2, -0.15) is 0 Å². The standard InChI is InChI=1S/C19H16FN7O/c1-21-17-13-8-22-15(24-19(28)10-2-3-10)7-12(13)14(9-23-17)18-25-16-6-11(20)4-5-27(16)26-18/h4-10H,2-3H2,1H3,(H,21,23)(H,22,24,28). The van der Waals surface area contributed by atoms with Crippen molar-refractivity contribution < 1.29 is 9.18 Å². The van der Waals surface area contributed by atoms with E-state index >= 15 is 0 Å². The highest BCUT2D eigenvalue weighted by molar-refractivity contribution is 6.03. The first-order valence-corrected chi connectivity index (χ1v) is 8.92. The van der Waals surface area contributed by atoms with Crippen molar-refractivity contribution in [2.45, 2.75) is 12.8 Å². The number of nitrogens with zero attached hydrogens (tertiary/aromatic N) is 5. The number of anilines is 2. The maximum absolute atomic E-state index is 13.5. The van der Waals surface area contributed by atoms with Crippen molar-refractivity contribution in [2.24, 2.45) is 5.92 Å². The second-order valence-electron chi connectivity index (χ2n) is 6.73. The number of carbonyl (C=O) groups excluding carboxylic acids is 1. The van der Waals surface area contributed by atoms with Gasteiger partial charge in [-0.15, -0.1) is 5.10 Å². The van der Waals surface area contributed by atoms with Crippen LogP contribution in [0.1, 0.15) is 12.8 Å². The fourth-order valence-corrected chi connectivity index (χ4v) is 3.13. The van der Waals surface area contributed by atoms with Crippen molar-refractivity contribution in [2.75, 3.05) is 17.7 Å². The maximum atomic E-state index is 13.5. The highest BCUT2D eigenvalue weighted by Crippen LogP contribution is 2.33. The third-order valence-corrected chi connectivity index (χ3v) is 4.75. The Labute approximate surface area is 158 Å². The third-order valence-electron chi connectivity index (χ3n) is 4.75. The SMILES string of the molecule is CNc1ncc(-c2nc3cc(F)ccn3n2)c2cc(NC(=O)C3CC3)ncc12. The number of halogens is 1. The second-order valence-corrected chi connectivity index (χ2v) is 6.73. The maximum Gasteiger partial charge on any atom is 0.228 e. The average Bonchev–Trinajstić information content (AvgIpc) is 3.47. The number of rotatable bonds is 4. The molecule has 4 aromatic heterocycles. The monoisotopic (exact) mass is 377 g/mol. The van der Waals surface area contributed by atoms with Gasteiger partial charge in [0, 0.05) is 54.0 Å². The van der Waals surface area contributed by atoms with Crippen molar-refractivity contribution in [3.8, 4) is 11.4 Å². The molecule has 0 spiro atoms. The third kappa shape index (κ3) is 2.81. The molecular formula is C19H16FN7O. The van der Waals surface area contributed by atoms with Gasteiger partial charge < -0.3 is 10.6 Å². The van der Waals surface area contributed by atoms with Crippen molar-refractivity contribution in [3.63, 3.8) is 0 Å². The molecule has 1 saturated carbocycles. The zero-order valence-corrected chi connectivity index (χ0v) is 15.0. The summed E-state index contributed by atoms with van der Waals surface area (Å²) in [6, 6.07) is 4.43. The predicted molar refractivity (Wildman–Crippen MR) is 102 cm³/mol. The summed E-state index contributed by atoms with van der Waals surface area (Å²) in [6.07, 6.45) is 6.67. The number of fused-ring (bicyclic) bond motifs is 2. The smallest absolute Gasteiger partial charge is 0.228 e. The van der Waals surface area contributed by atoms with Crippen LogP contribution in [-0.2, 0) is 4.79 Å². The summed E-state index contributed by atoms with van der Waals surface area (Å²) in [5, 5.41) is 11.9. The number of amides is 1. The molecule has 2 N–H and O–H groups in total. The van der Waals surface area contributed by atoms with Crippen LogP contribution >= 0.6 is 0 Å². The molecule has 9 heteroatoms. The van der Waals surface area contributed by atoms with E-state index in [1.807, 2.05) is 0 Å². The fraction of sp³-hybridized carbons (Fsp3) is 0.211. The summed E-state index contributed by atoms with van der Waals surface area (Å²) < 4.78 is 15.0. The quantitative estimate of drug-likeness (QED) is 0.568. The van der Waals surface area contributed by atoms with E-state index in [1.165, 1.54) is 22.8 Å². The Kier molecular flexibility index (Phi) is 3.68. The number of pyridine rings is 3. The minimum absolute atomic E-state index is 0.0161. The average molecular weight is 377 g/mol. The van der Waals surface area contributed by atoms with Crippen LogP contribution in [0.3, 0.4) is 0 Å². The molecule has 0 aliphatic heterocycles. The van der Waals surface area contributed by atoms with E-state index in [9.17, 15) is 9.18 Å². The van der Waals surface area contributed by atoms with E-state index in [0.29, 0.717) is 28.7 Å². The topological polar surface area (TPSA) is 97.1 Å². The van der Waals surface area contributed by atoms with Crippen LogP contribution in [0, 0.1) is 11.7 Å². The molecule has 4 aromatic rings. The van der Waals surface area contributed by atoms with Crippen LogP contribution < -0.4 is 10.6 Å². The van der Waals surface area contributed by atoms with E-state index < -0.39 is 0 Å². The van der Waals surface area contributed by atoms with Gasteiger partial charge in [0.25, 0.3) is 0 Å². The van der Waals surface area contributed by atoms with Crippen molar-refractivity contribution in [1.82, 2.24) is 24.6 Å². The second kappa shape index (κ2) is 6.22. The summed E-state index contributed by atoms with van der Waals surface area (Å²) in [4.78, 5) is 25.3. The molecule has 0 atom stereocenters. The molecule has 1 aliphatic rings. The highest BCUT2D eigenvalue weighted by atomic mass is 19.1. The Balaban J connectivity index is 1.66. The largest absolute Gasteiger partial charge is 0.373 e. The van der Waals surface area contributed by atoms with Gasteiger partial charge in [0.1, 0.15) is 17.5 Å². The Morgan fingerprint density at radius 3 is 2.86 bits per heavy atom. The van der Waals surface area contributed by atoms with Crippen molar-refractivity contribution in [1.29, 1.82) is 0 Å².